The average Bonchev–Trinajstić information content (AvgIpc) is 2.80. The third-order valence-electron chi connectivity index (χ3n) is 3.72. The van der Waals surface area contributed by atoms with Gasteiger partial charge in [0.05, 0.1) is 6.42 Å². The molecule has 2 amide bonds. The number of benzene rings is 1. The van der Waals surface area contributed by atoms with Crippen molar-refractivity contribution in [3.63, 3.8) is 0 Å². The van der Waals surface area contributed by atoms with Gasteiger partial charge in [0.1, 0.15) is 0 Å². The molecule has 1 fully saturated rings. The first-order valence-corrected chi connectivity index (χ1v) is 8.19. The largest absolute Gasteiger partial charge is 0.349 e. The van der Waals surface area contributed by atoms with E-state index in [-0.39, 0.29) is 17.9 Å². The quantitative estimate of drug-likeness (QED) is 0.847. The van der Waals surface area contributed by atoms with Crippen LogP contribution in [0.15, 0.2) is 18.2 Å². The first-order chi connectivity index (χ1) is 9.61. The summed E-state index contributed by atoms with van der Waals surface area (Å²) in [5.74, 6) is 1.17. The van der Waals surface area contributed by atoms with Crippen molar-refractivity contribution < 1.29 is 13.8 Å². The van der Waals surface area contributed by atoms with Gasteiger partial charge in [-0.15, -0.1) is 0 Å². The summed E-state index contributed by atoms with van der Waals surface area (Å²) in [5.41, 5.74) is 2.24. The van der Waals surface area contributed by atoms with Crippen LogP contribution in [0.2, 0.25) is 0 Å². The van der Waals surface area contributed by atoms with Crippen molar-refractivity contribution in [1.82, 2.24) is 5.32 Å². The Morgan fingerprint density at radius 3 is 2.80 bits per heavy atom. The van der Waals surface area contributed by atoms with Gasteiger partial charge in [-0.25, -0.2) is 0 Å². The number of hydrogen-bond acceptors (Lipinski definition) is 3. The maximum absolute atomic E-state index is 12.2. The fourth-order valence-electron chi connectivity index (χ4n) is 2.58. The lowest BCUT2D eigenvalue weighted by Crippen LogP contribution is -2.39. The van der Waals surface area contributed by atoms with Crippen LogP contribution < -0.4 is 10.6 Å². The van der Waals surface area contributed by atoms with Crippen LogP contribution in [0.1, 0.15) is 28.8 Å². The van der Waals surface area contributed by atoms with E-state index in [0.717, 1.165) is 24.1 Å². The Morgan fingerprint density at radius 1 is 1.30 bits per heavy atom. The molecule has 0 bridgehead atoms. The molecule has 1 aromatic rings. The molecule has 2 heterocycles. The first kappa shape index (κ1) is 13.3. The van der Waals surface area contributed by atoms with E-state index in [9.17, 15) is 13.8 Å². The van der Waals surface area contributed by atoms with Crippen LogP contribution in [-0.2, 0) is 22.0 Å². The van der Waals surface area contributed by atoms with E-state index in [4.69, 9.17) is 0 Å². The number of hydrogen-bond donors (Lipinski definition) is 2. The van der Waals surface area contributed by atoms with Gasteiger partial charge in [0.15, 0.2) is 0 Å². The molecule has 2 aliphatic rings. The summed E-state index contributed by atoms with van der Waals surface area (Å²) in [7, 11) is -0.721. The van der Waals surface area contributed by atoms with Crippen LogP contribution in [-0.4, -0.2) is 33.6 Å². The Labute approximate surface area is 119 Å². The molecule has 2 N–H and O–H groups in total. The van der Waals surface area contributed by atoms with E-state index in [0.29, 0.717) is 23.5 Å². The topological polar surface area (TPSA) is 75.3 Å². The molecule has 1 saturated heterocycles. The summed E-state index contributed by atoms with van der Waals surface area (Å²) in [6, 6.07) is 5.36. The predicted octanol–water partition coefficient (Wildman–Crippen LogP) is 0.822. The van der Waals surface area contributed by atoms with Crippen LogP contribution in [0.5, 0.6) is 0 Å². The highest BCUT2D eigenvalue weighted by Crippen LogP contribution is 2.24. The van der Waals surface area contributed by atoms with Crippen LogP contribution in [0.3, 0.4) is 0 Å². The lowest BCUT2D eigenvalue weighted by Gasteiger charge is -2.22. The summed E-state index contributed by atoms with van der Waals surface area (Å²) in [4.78, 5) is 23.5. The molecule has 0 spiro atoms. The van der Waals surface area contributed by atoms with Gasteiger partial charge in [0, 0.05) is 39.6 Å². The van der Waals surface area contributed by atoms with Gasteiger partial charge in [-0.05, 0) is 36.6 Å². The molecule has 0 saturated carbocycles. The number of fused-ring (bicyclic) bond motifs is 1. The minimum atomic E-state index is -0.721. The third-order valence-corrected chi connectivity index (χ3v) is 5.10. The maximum Gasteiger partial charge on any atom is 0.251 e. The van der Waals surface area contributed by atoms with Crippen LogP contribution >= 0.6 is 0 Å². The van der Waals surface area contributed by atoms with Crippen LogP contribution in [0, 0.1) is 0 Å². The van der Waals surface area contributed by atoms with Gasteiger partial charge in [-0.3, -0.25) is 13.8 Å². The monoisotopic (exact) mass is 292 g/mol. The van der Waals surface area contributed by atoms with E-state index < -0.39 is 10.8 Å². The summed E-state index contributed by atoms with van der Waals surface area (Å²) >= 11 is 0. The van der Waals surface area contributed by atoms with E-state index >= 15 is 0 Å². The number of carbonyl (C=O) groups is 2. The Bertz CT molecular complexity index is 590. The molecular formula is C14H16N2O3S. The van der Waals surface area contributed by atoms with Crippen molar-refractivity contribution in [2.24, 2.45) is 0 Å². The number of carbonyl (C=O) groups excluding carboxylic acids is 2. The van der Waals surface area contributed by atoms with Crippen molar-refractivity contribution in [3.05, 3.63) is 29.3 Å². The van der Waals surface area contributed by atoms with Gasteiger partial charge < -0.3 is 10.6 Å². The summed E-state index contributed by atoms with van der Waals surface area (Å²) in [6.45, 7) is 0. The number of rotatable bonds is 2. The normalized spacial score (nSPS) is 24.9. The Balaban J connectivity index is 1.67. The highest BCUT2D eigenvalue weighted by atomic mass is 32.2. The van der Waals surface area contributed by atoms with E-state index in [2.05, 4.69) is 10.6 Å². The molecule has 1 aromatic carbocycles. The first-order valence-electron chi connectivity index (χ1n) is 6.70. The van der Waals surface area contributed by atoms with Gasteiger partial charge in [0.2, 0.25) is 5.91 Å². The number of amides is 2. The fraction of sp³-hybridized carbons (Fsp3) is 0.429. The Hall–Kier alpha value is -1.69. The smallest absolute Gasteiger partial charge is 0.251 e. The molecule has 6 heteroatoms. The van der Waals surface area contributed by atoms with Crippen LogP contribution in [0.25, 0.3) is 0 Å². The molecule has 0 unspecified atom stereocenters. The molecule has 20 heavy (non-hydrogen) atoms. The van der Waals surface area contributed by atoms with Crippen molar-refractivity contribution in [3.8, 4) is 0 Å². The highest BCUT2D eigenvalue weighted by Gasteiger charge is 2.22. The maximum atomic E-state index is 12.2. The van der Waals surface area contributed by atoms with Crippen LogP contribution in [0.4, 0.5) is 5.69 Å². The van der Waals surface area contributed by atoms with E-state index in [1.807, 2.05) is 0 Å². The second kappa shape index (κ2) is 5.36. The third kappa shape index (κ3) is 2.75. The van der Waals surface area contributed by atoms with Crippen molar-refractivity contribution in [1.29, 1.82) is 0 Å². The lowest BCUT2D eigenvalue weighted by atomic mass is 10.1. The highest BCUT2D eigenvalue weighted by molar-refractivity contribution is 7.85. The molecule has 0 atom stereocenters. The minimum absolute atomic E-state index is 0.0349. The SMILES string of the molecule is O=C1Cc2cc(C(=O)NC3CCS(=O)CC3)ccc2N1. The lowest BCUT2D eigenvalue weighted by molar-refractivity contribution is -0.115. The second-order valence-electron chi connectivity index (χ2n) is 5.19. The van der Waals surface area contributed by atoms with E-state index in [1.54, 1.807) is 18.2 Å². The molecule has 2 aliphatic heterocycles. The molecule has 5 nitrogen and oxygen atoms in total. The molecule has 3 rings (SSSR count). The Kier molecular flexibility index (Phi) is 3.56. The summed E-state index contributed by atoms with van der Waals surface area (Å²) in [5, 5.41) is 5.72. The van der Waals surface area contributed by atoms with Gasteiger partial charge in [0.25, 0.3) is 5.91 Å². The zero-order valence-electron chi connectivity index (χ0n) is 11.0. The van der Waals surface area contributed by atoms with Crippen molar-refractivity contribution in [2.45, 2.75) is 25.3 Å². The Morgan fingerprint density at radius 2 is 2.05 bits per heavy atom. The number of anilines is 1. The zero-order chi connectivity index (χ0) is 14.1. The molecule has 106 valence electrons. The fourth-order valence-corrected chi connectivity index (χ4v) is 3.88. The summed E-state index contributed by atoms with van der Waals surface area (Å²) in [6.07, 6.45) is 1.87. The van der Waals surface area contributed by atoms with Crippen molar-refractivity contribution in [2.75, 3.05) is 16.8 Å². The van der Waals surface area contributed by atoms with Crippen molar-refractivity contribution >= 4 is 28.3 Å². The minimum Gasteiger partial charge on any atom is -0.349 e. The predicted molar refractivity (Wildman–Crippen MR) is 77.1 cm³/mol. The zero-order valence-corrected chi connectivity index (χ0v) is 11.8. The van der Waals surface area contributed by atoms with Gasteiger partial charge in [-0.2, -0.15) is 0 Å². The average molecular weight is 292 g/mol. The molecule has 0 aliphatic carbocycles. The standard InChI is InChI=1S/C14H16N2O3S/c17-13-8-10-7-9(1-2-12(10)16-13)14(18)15-11-3-5-20(19)6-4-11/h1-2,7,11H,3-6,8H2,(H,15,18)(H,16,17). The number of nitrogens with one attached hydrogen (secondary N) is 2. The molecule has 0 radical (unpaired) electrons. The molecule has 0 aromatic heterocycles. The van der Waals surface area contributed by atoms with Gasteiger partial charge >= 0.3 is 0 Å². The molecular weight excluding hydrogens is 276 g/mol. The van der Waals surface area contributed by atoms with Gasteiger partial charge in [-0.1, -0.05) is 0 Å². The van der Waals surface area contributed by atoms with E-state index in [1.165, 1.54) is 0 Å². The second-order valence-corrected chi connectivity index (χ2v) is 6.89. The summed E-state index contributed by atoms with van der Waals surface area (Å²) < 4.78 is 11.3.